The van der Waals surface area contributed by atoms with Gasteiger partial charge in [0.1, 0.15) is 12.2 Å². The molecular formula is C16H20F4N2O2. The van der Waals surface area contributed by atoms with E-state index in [0.717, 1.165) is 0 Å². The van der Waals surface area contributed by atoms with E-state index in [2.05, 4.69) is 0 Å². The van der Waals surface area contributed by atoms with Crippen LogP contribution >= 0.6 is 0 Å². The maximum atomic E-state index is 13.1. The third kappa shape index (κ3) is 5.17. The number of β-amino-alcohol motifs (C(OH)–C–C–N with tert-alkyl or cyclic N) is 1. The first-order chi connectivity index (χ1) is 11.2. The van der Waals surface area contributed by atoms with Gasteiger partial charge in [-0.1, -0.05) is 6.07 Å². The van der Waals surface area contributed by atoms with Gasteiger partial charge in [-0.2, -0.15) is 13.2 Å². The van der Waals surface area contributed by atoms with Crippen LogP contribution in [-0.4, -0.2) is 59.7 Å². The fourth-order valence-electron chi connectivity index (χ4n) is 2.82. The minimum atomic E-state index is -4.50. The Kier molecular flexibility index (Phi) is 5.82. The van der Waals surface area contributed by atoms with Crippen molar-refractivity contribution in [1.29, 1.82) is 0 Å². The summed E-state index contributed by atoms with van der Waals surface area (Å²) in [5.74, 6) is -1.29. The fourth-order valence-corrected chi connectivity index (χ4v) is 2.82. The second-order valence-electron chi connectivity index (χ2n) is 5.99. The summed E-state index contributed by atoms with van der Waals surface area (Å²) >= 11 is 0. The lowest BCUT2D eigenvalue weighted by atomic mass is 10.0. The highest BCUT2D eigenvalue weighted by Crippen LogP contribution is 2.22. The summed E-state index contributed by atoms with van der Waals surface area (Å²) < 4.78 is 49.8. The van der Waals surface area contributed by atoms with E-state index in [1.54, 1.807) is 6.92 Å². The Morgan fingerprint density at radius 1 is 1.25 bits per heavy atom. The molecule has 4 nitrogen and oxygen atoms in total. The van der Waals surface area contributed by atoms with Gasteiger partial charge in [-0.3, -0.25) is 9.69 Å². The monoisotopic (exact) mass is 348 g/mol. The van der Waals surface area contributed by atoms with Crippen LogP contribution < -0.4 is 0 Å². The van der Waals surface area contributed by atoms with Crippen molar-refractivity contribution in [1.82, 2.24) is 9.80 Å². The Hall–Kier alpha value is -1.67. The normalized spacial score (nSPS) is 17.8. The fraction of sp³-hybridized carbons (Fsp3) is 0.562. The maximum Gasteiger partial charge on any atom is 0.397 e. The average molecular weight is 348 g/mol. The number of halogens is 4. The van der Waals surface area contributed by atoms with E-state index in [0.29, 0.717) is 24.2 Å². The van der Waals surface area contributed by atoms with Crippen molar-refractivity contribution in [2.24, 2.45) is 0 Å². The van der Waals surface area contributed by atoms with E-state index >= 15 is 0 Å². The Morgan fingerprint density at radius 2 is 1.88 bits per heavy atom. The number of piperazine rings is 1. The van der Waals surface area contributed by atoms with Crippen LogP contribution in [0.3, 0.4) is 0 Å². The zero-order valence-corrected chi connectivity index (χ0v) is 13.3. The summed E-state index contributed by atoms with van der Waals surface area (Å²) in [6.07, 6.45) is -6.75. The molecule has 134 valence electrons. The number of carbonyl (C=O) groups excluding carboxylic acids is 1. The molecule has 1 N–H and O–H groups in total. The third-order valence-electron chi connectivity index (χ3n) is 4.10. The molecule has 1 heterocycles. The van der Waals surface area contributed by atoms with E-state index in [9.17, 15) is 27.5 Å². The molecule has 2 rings (SSSR count). The minimum absolute atomic E-state index is 0.198. The molecule has 1 amide bonds. The Bertz CT molecular complexity index is 584. The topological polar surface area (TPSA) is 43.8 Å². The van der Waals surface area contributed by atoms with Gasteiger partial charge in [0.15, 0.2) is 0 Å². The lowest BCUT2D eigenvalue weighted by molar-refractivity contribution is -0.162. The lowest BCUT2D eigenvalue weighted by Gasteiger charge is -2.36. The maximum absolute atomic E-state index is 13.1. The first-order valence-corrected chi connectivity index (χ1v) is 7.67. The van der Waals surface area contributed by atoms with Gasteiger partial charge in [-0.05, 0) is 30.2 Å². The highest BCUT2D eigenvalue weighted by molar-refractivity contribution is 5.76. The van der Waals surface area contributed by atoms with Crippen molar-refractivity contribution in [2.45, 2.75) is 25.6 Å². The molecule has 24 heavy (non-hydrogen) atoms. The Morgan fingerprint density at radius 3 is 2.42 bits per heavy atom. The van der Waals surface area contributed by atoms with Gasteiger partial charge < -0.3 is 10.0 Å². The summed E-state index contributed by atoms with van der Waals surface area (Å²) in [6.45, 7) is 3.17. The molecule has 0 radical (unpaired) electrons. The molecule has 1 fully saturated rings. The molecule has 1 aliphatic heterocycles. The summed E-state index contributed by atoms with van der Waals surface area (Å²) in [5, 5.41) is 10.3. The highest BCUT2D eigenvalue weighted by atomic mass is 19.4. The van der Waals surface area contributed by atoms with Crippen LogP contribution in [0.2, 0.25) is 0 Å². The molecule has 1 saturated heterocycles. The van der Waals surface area contributed by atoms with Gasteiger partial charge in [0, 0.05) is 32.7 Å². The van der Waals surface area contributed by atoms with Crippen LogP contribution in [-0.2, 0) is 4.79 Å². The largest absolute Gasteiger partial charge is 0.397 e. The molecule has 8 heteroatoms. The number of amides is 1. The number of aliphatic hydroxyl groups is 1. The summed E-state index contributed by atoms with van der Waals surface area (Å²) in [5.41, 5.74) is 1.26. The standard InChI is InChI=1S/C16H20F4N2O2/c1-11-8-12(17)2-3-13(11)14(23)10-21-4-6-22(7-5-21)15(24)9-16(18,19)20/h2-3,8,14,23H,4-7,9-10H2,1H3. The first-order valence-electron chi connectivity index (χ1n) is 7.67. The second-order valence-corrected chi connectivity index (χ2v) is 5.99. The number of aliphatic hydroxyl groups excluding tert-OH is 1. The molecule has 1 aliphatic rings. The molecule has 0 spiro atoms. The van der Waals surface area contributed by atoms with E-state index in [-0.39, 0.29) is 25.5 Å². The molecule has 1 aromatic rings. The van der Waals surface area contributed by atoms with Crippen molar-refractivity contribution in [3.63, 3.8) is 0 Å². The number of hydrogen-bond donors (Lipinski definition) is 1. The third-order valence-corrected chi connectivity index (χ3v) is 4.10. The van der Waals surface area contributed by atoms with Gasteiger partial charge in [-0.25, -0.2) is 4.39 Å². The second kappa shape index (κ2) is 7.48. The van der Waals surface area contributed by atoms with Crippen LogP contribution in [0.15, 0.2) is 18.2 Å². The zero-order chi connectivity index (χ0) is 17.9. The van der Waals surface area contributed by atoms with E-state index in [1.165, 1.54) is 23.1 Å². The van der Waals surface area contributed by atoms with Gasteiger partial charge >= 0.3 is 6.18 Å². The highest BCUT2D eigenvalue weighted by Gasteiger charge is 2.34. The number of alkyl halides is 3. The van der Waals surface area contributed by atoms with Crippen molar-refractivity contribution in [3.8, 4) is 0 Å². The van der Waals surface area contributed by atoms with Crippen LogP contribution in [0.5, 0.6) is 0 Å². The van der Waals surface area contributed by atoms with Crippen LogP contribution in [0.25, 0.3) is 0 Å². The number of carbonyl (C=O) groups is 1. The average Bonchev–Trinajstić information content (AvgIpc) is 2.45. The smallest absolute Gasteiger partial charge is 0.387 e. The molecule has 0 aromatic heterocycles. The van der Waals surface area contributed by atoms with E-state index in [1.807, 2.05) is 4.90 Å². The lowest BCUT2D eigenvalue weighted by Crippen LogP contribution is -2.50. The summed E-state index contributed by atoms with van der Waals surface area (Å²) in [4.78, 5) is 14.6. The number of hydrogen-bond acceptors (Lipinski definition) is 3. The SMILES string of the molecule is Cc1cc(F)ccc1C(O)CN1CCN(C(=O)CC(F)(F)F)CC1. The Balaban J connectivity index is 1.85. The van der Waals surface area contributed by atoms with Gasteiger partial charge in [0.25, 0.3) is 0 Å². The zero-order valence-electron chi connectivity index (χ0n) is 13.3. The minimum Gasteiger partial charge on any atom is -0.387 e. The Labute approximate surface area is 137 Å². The molecule has 1 atom stereocenters. The first kappa shape index (κ1) is 18.7. The number of aryl methyl sites for hydroxylation is 1. The predicted molar refractivity (Wildman–Crippen MR) is 79.8 cm³/mol. The van der Waals surface area contributed by atoms with Crippen LogP contribution in [0, 0.1) is 12.7 Å². The number of nitrogens with zero attached hydrogens (tertiary/aromatic N) is 2. The number of benzene rings is 1. The molecule has 0 bridgehead atoms. The van der Waals surface area contributed by atoms with Crippen molar-refractivity contribution in [3.05, 3.63) is 35.1 Å². The van der Waals surface area contributed by atoms with Crippen molar-refractivity contribution >= 4 is 5.91 Å². The van der Waals surface area contributed by atoms with Crippen LogP contribution in [0.1, 0.15) is 23.7 Å². The molecule has 1 unspecified atom stereocenters. The summed E-state index contributed by atoms with van der Waals surface area (Å²) in [7, 11) is 0. The van der Waals surface area contributed by atoms with Crippen molar-refractivity contribution < 1.29 is 27.5 Å². The van der Waals surface area contributed by atoms with Gasteiger partial charge in [-0.15, -0.1) is 0 Å². The molecule has 1 aromatic carbocycles. The molecular weight excluding hydrogens is 328 g/mol. The van der Waals surface area contributed by atoms with Crippen LogP contribution in [0.4, 0.5) is 17.6 Å². The van der Waals surface area contributed by atoms with Gasteiger partial charge in [0.2, 0.25) is 5.91 Å². The summed E-state index contributed by atoms with van der Waals surface area (Å²) in [6, 6.07) is 4.14. The van der Waals surface area contributed by atoms with Gasteiger partial charge in [0.05, 0.1) is 6.10 Å². The van der Waals surface area contributed by atoms with E-state index < -0.39 is 24.6 Å². The van der Waals surface area contributed by atoms with E-state index in [4.69, 9.17) is 0 Å². The molecule has 0 saturated carbocycles. The predicted octanol–water partition coefficient (Wildman–Crippen LogP) is 2.26. The number of rotatable bonds is 4. The molecule has 0 aliphatic carbocycles. The van der Waals surface area contributed by atoms with Crippen molar-refractivity contribution in [2.75, 3.05) is 32.7 Å². The quantitative estimate of drug-likeness (QED) is 0.849.